The van der Waals surface area contributed by atoms with Crippen molar-refractivity contribution < 1.29 is 14.3 Å². The van der Waals surface area contributed by atoms with E-state index in [0.717, 1.165) is 0 Å². The van der Waals surface area contributed by atoms with E-state index in [-0.39, 0.29) is 6.61 Å². The molecular weight excluding hydrogens is 265 g/mol. The van der Waals surface area contributed by atoms with E-state index in [4.69, 9.17) is 27.9 Å². The third-order valence-electron chi connectivity index (χ3n) is 1.85. The largest absolute Gasteiger partial charge is 0.449 e. The van der Waals surface area contributed by atoms with Crippen LogP contribution in [0.5, 0.6) is 0 Å². The number of benzene rings is 1. The van der Waals surface area contributed by atoms with Gasteiger partial charge in [-0.2, -0.15) is 0 Å². The molecule has 1 aromatic rings. The second-order valence-corrected chi connectivity index (χ2v) is 3.88. The van der Waals surface area contributed by atoms with Crippen LogP contribution in [-0.4, -0.2) is 23.8 Å². The average Bonchev–Trinajstić information content (AvgIpc) is 2.29. The van der Waals surface area contributed by atoms with Crippen LogP contribution in [0.2, 0.25) is 0 Å². The van der Waals surface area contributed by atoms with Gasteiger partial charge in [0, 0.05) is 17.1 Å². The standard InChI is InChI=1S/C11H11Cl2NO3/c12-5-2-6-17-11(16)14-9-4-1-3-8(7-9)10(13)15/h1,3-4,7H,2,5-6H2,(H,14,16). The van der Waals surface area contributed by atoms with Crippen LogP contribution in [0.25, 0.3) is 0 Å². The summed E-state index contributed by atoms with van der Waals surface area (Å²) in [5.41, 5.74) is 0.762. The SMILES string of the molecule is O=C(Nc1cccc(C(=O)Cl)c1)OCCCCl. The minimum absolute atomic E-state index is 0.253. The molecule has 0 aliphatic rings. The Labute approximate surface area is 109 Å². The Kier molecular flexibility index (Phi) is 5.80. The molecular formula is C11H11Cl2NO3. The molecule has 0 unspecified atom stereocenters. The predicted molar refractivity (Wildman–Crippen MR) is 66.9 cm³/mol. The Balaban J connectivity index is 2.53. The zero-order valence-corrected chi connectivity index (χ0v) is 10.4. The van der Waals surface area contributed by atoms with Gasteiger partial charge in [-0.15, -0.1) is 11.6 Å². The number of anilines is 1. The Morgan fingerprint density at radius 3 is 2.76 bits per heavy atom. The summed E-state index contributed by atoms with van der Waals surface area (Å²) < 4.78 is 4.83. The zero-order valence-electron chi connectivity index (χ0n) is 8.91. The topological polar surface area (TPSA) is 55.4 Å². The zero-order chi connectivity index (χ0) is 12.7. The fourth-order valence-corrected chi connectivity index (χ4v) is 1.32. The number of alkyl halides is 1. The number of carbonyl (C=O) groups excluding carboxylic acids is 2. The molecule has 0 radical (unpaired) electrons. The van der Waals surface area contributed by atoms with Crippen molar-refractivity contribution in [2.45, 2.75) is 6.42 Å². The van der Waals surface area contributed by atoms with Gasteiger partial charge in [0.2, 0.25) is 0 Å². The first-order valence-corrected chi connectivity index (χ1v) is 5.84. The predicted octanol–water partition coefficient (Wildman–Crippen LogP) is 3.24. The molecule has 0 aliphatic heterocycles. The van der Waals surface area contributed by atoms with E-state index in [2.05, 4.69) is 5.32 Å². The van der Waals surface area contributed by atoms with Gasteiger partial charge in [-0.3, -0.25) is 10.1 Å². The molecule has 1 rings (SSSR count). The van der Waals surface area contributed by atoms with Crippen molar-refractivity contribution >= 4 is 40.2 Å². The van der Waals surface area contributed by atoms with E-state index >= 15 is 0 Å². The molecule has 0 saturated heterocycles. The molecule has 0 atom stereocenters. The lowest BCUT2D eigenvalue weighted by Gasteiger charge is -2.06. The van der Waals surface area contributed by atoms with E-state index in [1.54, 1.807) is 18.2 Å². The van der Waals surface area contributed by atoms with Crippen molar-refractivity contribution in [3.05, 3.63) is 29.8 Å². The number of rotatable bonds is 5. The first kappa shape index (κ1) is 13.8. The van der Waals surface area contributed by atoms with Gasteiger partial charge in [-0.1, -0.05) is 6.07 Å². The highest BCUT2D eigenvalue weighted by molar-refractivity contribution is 6.67. The molecule has 4 nitrogen and oxygen atoms in total. The summed E-state index contributed by atoms with van der Waals surface area (Å²) in [5.74, 6) is 0.434. The normalized spacial score (nSPS) is 9.76. The van der Waals surface area contributed by atoms with Crippen molar-refractivity contribution in [1.82, 2.24) is 0 Å². The lowest BCUT2D eigenvalue weighted by molar-refractivity contribution is 0.108. The number of hydrogen-bond acceptors (Lipinski definition) is 3. The smallest absolute Gasteiger partial charge is 0.411 e. The molecule has 0 heterocycles. The molecule has 6 heteroatoms. The maximum Gasteiger partial charge on any atom is 0.411 e. The molecule has 0 bridgehead atoms. The highest BCUT2D eigenvalue weighted by atomic mass is 35.5. The van der Waals surface area contributed by atoms with E-state index in [9.17, 15) is 9.59 Å². The van der Waals surface area contributed by atoms with E-state index in [1.807, 2.05) is 0 Å². The second-order valence-electron chi connectivity index (χ2n) is 3.16. The van der Waals surface area contributed by atoms with E-state index in [1.165, 1.54) is 6.07 Å². The number of amides is 1. The summed E-state index contributed by atoms with van der Waals surface area (Å²) in [4.78, 5) is 22.2. The van der Waals surface area contributed by atoms with Gasteiger partial charge in [0.1, 0.15) is 0 Å². The van der Waals surface area contributed by atoms with Crippen molar-refractivity contribution in [2.75, 3.05) is 17.8 Å². The third-order valence-corrected chi connectivity index (χ3v) is 2.33. The monoisotopic (exact) mass is 275 g/mol. The number of nitrogens with one attached hydrogen (secondary N) is 1. The number of hydrogen-bond donors (Lipinski definition) is 1. The molecule has 0 aliphatic carbocycles. The molecule has 1 amide bonds. The summed E-state index contributed by atoms with van der Waals surface area (Å²) in [6.45, 7) is 0.253. The molecule has 92 valence electrons. The summed E-state index contributed by atoms with van der Waals surface area (Å²) >= 11 is 10.8. The Bertz CT molecular complexity index is 409. The summed E-state index contributed by atoms with van der Waals surface area (Å²) in [6.07, 6.45) is 0.00382. The molecule has 0 spiro atoms. The van der Waals surface area contributed by atoms with Crippen molar-refractivity contribution in [3.8, 4) is 0 Å². The van der Waals surface area contributed by atoms with Gasteiger partial charge in [0.25, 0.3) is 5.24 Å². The van der Waals surface area contributed by atoms with Crippen LogP contribution in [0.3, 0.4) is 0 Å². The van der Waals surface area contributed by atoms with Gasteiger partial charge in [-0.05, 0) is 36.2 Å². The minimum Gasteiger partial charge on any atom is -0.449 e. The maximum absolute atomic E-state index is 11.3. The van der Waals surface area contributed by atoms with Crippen LogP contribution in [-0.2, 0) is 4.74 Å². The van der Waals surface area contributed by atoms with Gasteiger partial charge in [0.15, 0.2) is 0 Å². The highest BCUT2D eigenvalue weighted by Gasteiger charge is 2.06. The number of ether oxygens (including phenoxy) is 1. The Morgan fingerprint density at radius 2 is 2.12 bits per heavy atom. The number of halogens is 2. The van der Waals surface area contributed by atoms with Crippen molar-refractivity contribution in [1.29, 1.82) is 0 Å². The summed E-state index contributed by atoms with van der Waals surface area (Å²) in [5, 5.41) is 1.90. The van der Waals surface area contributed by atoms with Crippen LogP contribution in [0.1, 0.15) is 16.8 Å². The fraction of sp³-hybridized carbons (Fsp3) is 0.273. The van der Waals surface area contributed by atoms with Gasteiger partial charge >= 0.3 is 6.09 Å². The summed E-state index contributed by atoms with van der Waals surface area (Å²) in [6, 6.07) is 6.27. The van der Waals surface area contributed by atoms with Gasteiger partial charge < -0.3 is 4.74 Å². The lowest BCUT2D eigenvalue weighted by atomic mass is 10.2. The quantitative estimate of drug-likeness (QED) is 0.510. The van der Waals surface area contributed by atoms with Gasteiger partial charge in [0.05, 0.1) is 6.61 Å². The fourth-order valence-electron chi connectivity index (χ4n) is 1.09. The Morgan fingerprint density at radius 1 is 1.35 bits per heavy atom. The van der Waals surface area contributed by atoms with Crippen molar-refractivity contribution in [3.63, 3.8) is 0 Å². The highest BCUT2D eigenvalue weighted by Crippen LogP contribution is 2.12. The molecule has 1 N–H and O–H groups in total. The van der Waals surface area contributed by atoms with Crippen LogP contribution in [0, 0.1) is 0 Å². The molecule has 0 aromatic heterocycles. The maximum atomic E-state index is 11.3. The first-order chi connectivity index (χ1) is 8.13. The van der Waals surface area contributed by atoms with E-state index < -0.39 is 11.3 Å². The molecule has 1 aromatic carbocycles. The summed E-state index contributed by atoms with van der Waals surface area (Å²) in [7, 11) is 0. The average molecular weight is 276 g/mol. The molecule has 17 heavy (non-hydrogen) atoms. The van der Waals surface area contributed by atoms with Crippen molar-refractivity contribution in [2.24, 2.45) is 0 Å². The van der Waals surface area contributed by atoms with Crippen LogP contribution in [0.15, 0.2) is 24.3 Å². The van der Waals surface area contributed by atoms with E-state index in [0.29, 0.717) is 23.6 Å². The molecule has 0 saturated carbocycles. The van der Waals surface area contributed by atoms with Crippen LogP contribution >= 0.6 is 23.2 Å². The van der Waals surface area contributed by atoms with Crippen LogP contribution in [0.4, 0.5) is 10.5 Å². The Hall–Kier alpha value is -1.26. The molecule has 0 fully saturated rings. The lowest BCUT2D eigenvalue weighted by Crippen LogP contribution is -2.14. The van der Waals surface area contributed by atoms with Crippen LogP contribution < -0.4 is 5.32 Å². The number of carbonyl (C=O) groups is 2. The van der Waals surface area contributed by atoms with Gasteiger partial charge in [-0.25, -0.2) is 4.79 Å². The third kappa shape index (κ3) is 5.06. The first-order valence-electron chi connectivity index (χ1n) is 4.93. The minimum atomic E-state index is -0.589. The second kappa shape index (κ2) is 7.14.